The number of hydrogen-bond donors (Lipinski definition) is 0. The fourth-order valence-corrected chi connectivity index (χ4v) is 21.5. The van der Waals surface area contributed by atoms with Crippen LogP contribution < -0.4 is 18.3 Å². The minimum Gasteiger partial charge on any atom is -0.304 e. The summed E-state index contributed by atoms with van der Waals surface area (Å²) < 4.78 is 19.1. The second kappa shape index (κ2) is 40.7. The normalized spacial score (nSPS) is 11.5. The second-order valence-corrected chi connectivity index (χ2v) is 39.7. The fraction of sp³-hybridized carbons (Fsp3) is 0.197. The first-order valence-electron chi connectivity index (χ1n) is 49.9. The largest absolute Gasteiger partial charge is 0.304 e. The van der Waals surface area contributed by atoms with Crippen molar-refractivity contribution in [3.63, 3.8) is 0 Å². The molecule has 8 nitrogen and oxygen atoms in total. The molecule has 0 atom stereocenters. The quantitative estimate of drug-likeness (QED) is 0.0768. The van der Waals surface area contributed by atoms with E-state index in [1.165, 1.54) is 234 Å². The van der Waals surface area contributed by atoms with E-state index in [2.05, 4.69) is 571 Å². The van der Waals surface area contributed by atoms with Crippen LogP contribution in [0.3, 0.4) is 0 Å². The maximum atomic E-state index is 2.56. The average molecular weight is 1830 g/mol. The lowest BCUT2D eigenvalue weighted by atomic mass is 9.88. The topological polar surface area (TPSA) is 35.2 Å². The SMILES string of the molecule is Cc1c(-c2ccc(-c3ccccc3)c[n+]2C)n(-c2c(C(C)C)cc(-c3ccccc3)cc2C(C)C)c2ccccc12.Cc1c(-c2ccc(-c3ccccc3)c[n+]2C)n(-c2c(C(C)C)cccc2C(C)C)c2ccccc12.Cc1c(-c2ccc(-c3ccccc3)c[n+]2C)n(-c2ccccc2C(C)C)c2ccccc12.Cc1cc(C)c(-n2c(-c3ccc(-c4ccccc4)c[n+]3C)c(C)c3ccccc32)c(C)c1. The van der Waals surface area contributed by atoms with E-state index < -0.39 is 0 Å². The fourth-order valence-electron chi connectivity index (χ4n) is 21.5. The van der Waals surface area contributed by atoms with Crippen molar-refractivity contribution in [2.75, 3.05) is 0 Å². The van der Waals surface area contributed by atoms with Crippen molar-refractivity contribution in [2.45, 2.75) is 147 Å². The molecule has 0 fully saturated rings. The highest BCUT2D eigenvalue weighted by Gasteiger charge is 2.33. The number of nitrogens with zero attached hydrogens (tertiary/aromatic N) is 8. The lowest BCUT2D eigenvalue weighted by Gasteiger charge is -2.24. The van der Waals surface area contributed by atoms with E-state index in [1.54, 1.807) is 0 Å². The third-order valence-electron chi connectivity index (χ3n) is 28.4. The van der Waals surface area contributed by atoms with Crippen LogP contribution in [-0.2, 0) is 28.2 Å². The van der Waals surface area contributed by atoms with E-state index in [0.29, 0.717) is 29.6 Å². The Labute approximate surface area is 829 Å². The first-order chi connectivity index (χ1) is 67.7. The number of rotatable bonds is 18. The summed E-state index contributed by atoms with van der Waals surface area (Å²) in [7, 11) is 8.64. The Morgan fingerprint density at radius 1 is 0.193 bits per heavy atom. The Bertz CT molecular complexity index is 8040. The summed E-state index contributed by atoms with van der Waals surface area (Å²) in [6.45, 7) is 38.7. The molecule has 8 aromatic heterocycles. The molecule has 21 rings (SSSR count). The highest BCUT2D eigenvalue weighted by molar-refractivity contribution is 5.98. The van der Waals surface area contributed by atoms with E-state index >= 15 is 0 Å². The van der Waals surface area contributed by atoms with Crippen LogP contribution in [0.5, 0.6) is 0 Å². The van der Waals surface area contributed by atoms with Gasteiger partial charge in [-0.25, -0.2) is 0 Å². The molecule has 0 bridgehead atoms. The van der Waals surface area contributed by atoms with Crippen LogP contribution in [0.2, 0.25) is 0 Å². The molecule has 13 aromatic carbocycles. The van der Waals surface area contributed by atoms with E-state index in [-0.39, 0.29) is 0 Å². The van der Waals surface area contributed by atoms with Gasteiger partial charge in [0.15, 0.2) is 24.8 Å². The van der Waals surface area contributed by atoms with Crippen molar-refractivity contribution < 1.29 is 18.3 Å². The van der Waals surface area contributed by atoms with E-state index in [0.717, 1.165) is 0 Å². The molecule has 8 heteroatoms. The molecular weight excluding hydrogens is 1700 g/mol. The monoisotopic (exact) mass is 1830 g/mol. The number of hydrogen-bond acceptors (Lipinski definition) is 0. The first kappa shape index (κ1) is 95.0. The Hall–Kier alpha value is -15.4. The first-order valence-corrected chi connectivity index (χ1v) is 49.9. The molecule has 8 heterocycles. The molecule has 0 radical (unpaired) electrons. The van der Waals surface area contributed by atoms with Crippen molar-refractivity contribution in [3.05, 3.63) is 456 Å². The highest BCUT2D eigenvalue weighted by atomic mass is 15.1. The van der Waals surface area contributed by atoms with Crippen LogP contribution in [0.1, 0.15) is 166 Å². The van der Waals surface area contributed by atoms with Gasteiger partial charge < -0.3 is 18.3 Å². The molecule has 0 aliphatic heterocycles. The molecular formula is C132H132N8+4. The summed E-state index contributed by atoms with van der Waals surface area (Å²) in [5.74, 6) is 2.00. The lowest BCUT2D eigenvalue weighted by molar-refractivity contribution is -0.660. The summed E-state index contributed by atoms with van der Waals surface area (Å²) in [5, 5.41) is 5.20. The molecule has 140 heavy (non-hydrogen) atoms. The molecule has 0 N–H and O–H groups in total. The molecule has 0 saturated heterocycles. The third-order valence-corrected chi connectivity index (χ3v) is 28.4. The van der Waals surface area contributed by atoms with Crippen molar-refractivity contribution in [1.29, 1.82) is 0 Å². The number of pyridine rings is 4. The number of aromatic nitrogens is 8. The van der Waals surface area contributed by atoms with Crippen LogP contribution in [0, 0.1) is 48.5 Å². The summed E-state index contributed by atoms with van der Waals surface area (Å²) in [4.78, 5) is 0. The van der Waals surface area contributed by atoms with E-state index in [9.17, 15) is 0 Å². The molecule has 0 unspecified atom stereocenters. The van der Waals surface area contributed by atoms with Crippen molar-refractivity contribution in [3.8, 4) is 124 Å². The van der Waals surface area contributed by atoms with Crippen molar-refractivity contribution in [1.82, 2.24) is 18.3 Å². The predicted molar refractivity (Wildman–Crippen MR) is 590 cm³/mol. The van der Waals surface area contributed by atoms with Gasteiger partial charge in [0.2, 0.25) is 22.8 Å². The van der Waals surface area contributed by atoms with Crippen molar-refractivity contribution >= 4 is 43.6 Å². The standard InChI is InChI=1S/C39H39N2.C33H35N2.2C30H29N2/c1-26(2)34-23-32(30-17-11-8-12-18-30)24-35(27(3)4)39(34)41-36-20-14-13-19-33(36)28(5)38(41)37-22-21-31(25-40(37)6)29-15-9-7-10-16-29;1-22(2)27-16-12-17-28(23(3)4)33(27)35-30-18-11-10-15-29(30)24(5)32(35)31-20-19-26(21-34(31)6)25-13-8-7-9-14-25;1-20-17-21(2)29(22(3)18-20)32-27-14-10-9-13-26(27)23(4)30(32)28-16-15-25(19-31(28)5)24-11-7-6-8-12-24;1-21(2)25-14-8-10-16-27(25)32-28-17-11-9-15-26(28)22(3)30(32)29-19-18-24(20-31(29)4)23-12-6-5-7-13-23/h7-27H,1-6H3;7-23H,1-6H3;6-19H,1-5H3;5-21H,1-4H3/q4*+1. The number of para-hydroxylation sites is 6. The molecule has 0 amide bonds. The second-order valence-electron chi connectivity index (χ2n) is 39.7. The maximum absolute atomic E-state index is 2.56. The van der Waals surface area contributed by atoms with E-state index in [1.807, 2.05) is 0 Å². The summed E-state index contributed by atoms with van der Waals surface area (Å²) in [6, 6.07) is 132. The molecule has 0 aliphatic carbocycles. The van der Waals surface area contributed by atoms with Crippen LogP contribution in [0.25, 0.3) is 168 Å². The smallest absolute Gasteiger partial charge is 0.229 e. The third kappa shape index (κ3) is 18.4. The Morgan fingerprint density at radius 3 is 0.721 bits per heavy atom. The van der Waals surface area contributed by atoms with Crippen LogP contribution in [-0.4, -0.2) is 18.3 Å². The zero-order valence-electron chi connectivity index (χ0n) is 85.4. The minimum absolute atomic E-state index is 0.356. The van der Waals surface area contributed by atoms with Crippen LogP contribution in [0.4, 0.5) is 0 Å². The zero-order valence-corrected chi connectivity index (χ0v) is 85.4. The van der Waals surface area contributed by atoms with Gasteiger partial charge in [-0.2, -0.15) is 18.3 Å². The van der Waals surface area contributed by atoms with Gasteiger partial charge in [-0.05, 0) is 239 Å². The maximum Gasteiger partial charge on any atom is 0.229 e. The van der Waals surface area contributed by atoms with Gasteiger partial charge in [0.05, 0.1) is 39.1 Å². The molecule has 696 valence electrons. The van der Waals surface area contributed by atoms with Crippen LogP contribution >= 0.6 is 0 Å². The van der Waals surface area contributed by atoms with Gasteiger partial charge in [0.1, 0.15) is 51.0 Å². The van der Waals surface area contributed by atoms with Gasteiger partial charge in [-0.15, -0.1) is 0 Å². The summed E-state index contributed by atoms with van der Waals surface area (Å²) in [6.07, 6.45) is 8.99. The summed E-state index contributed by atoms with van der Waals surface area (Å²) >= 11 is 0. The van der Waals surface area contributed by atoms with Crippen molar-refractivity contribution in [2.24, 2.45) is 28.2 Å². The van der Waals surface area contributed by atoms with Gasteiger partial charge in [0, 0.05) is 73.8 Å². The molecule has 0 saturated carbocycles. The lowest BCUT2D eigenvalue weighted by Crippen LogP contribution is -2.31. The predicted octanol–water partition coefficient (Wildman–Crippen LogP) is 32.6. The van der Waals surface area contributed by atoms with Gasteiger partial charge in [-0.1, -0.05) is 348 Å². The van der Waals surface area contributed by atoms with Gasteiger partial charge in [0.25, 0.3) is 0 Å². The number of benzene rings is 13. The summed E-state index contributed by atoms with van der Waals surface area (Å²) in [5.41, 5.74) is 48.5. The minimum atomic E-state index is 0.356. The molecule has 0 spiro atoms. The highest BCUT2D eigenvalue weighted by Crippen LogP contribution is 2.47. The Balaban J connectivity index is 0.000000124. The molecule has 0 aliphatic rings. The number of fused-ring (bicyclic) bond motifs is 4. The Kier molecular flexibility index (Phi) is 27.6. The average Bonchev–Trinajstić information content (AvgIpc) is 1.58. The van der Waals surface area contributed by atoms with E-state index in [4.69, 9.17) is 0 Å². The Morgan fingerprint density at radius 2 is 0.429 bits per heavy atom. The zero-order chi connectivity index (χ0) is 98.0. The number of aryl methyl sites for hydroxylation is 11. The molecule has 21 aromatic rings. The van der Waals surface area contributed by atoms with Crippen LogP contribution in [0.15, 0.2) is 389 Å². The van der Waals surface area contributed by atoms with Gasteiger partial charge >= 0.3 is 0 Å². The van der Waals surface area contributed by atoms with Gasteiger partial charge in [-0.3, -0.25) is 0 Å².